The number of unbranched alkanes of at least 4 members (excludes halogenated alkanes) is 1. The van der Waals surface area contributed by atoms with Crippen molar-refractivity contribution >= 4 is 0 Å². The highest BCUT2D eigenvalue weighted by molar-refractivity contribution is 5.32. The van der Waals surface area contributed by atoms with Gasteiger partial charge in [0, 0.05) is 19.8 Å². The smallest absolute Gasteiger partial charge is 0.0349 e. The number of hydrogen-bond acceptors (Lipinski definition) is 1. The van der Waals surface area contributed by atoms with Gasteiger partial charge in [0.15, 0.2) is 0 Å². The quantitative estimate of drug-likeness (QED) is 0.475. The van der Waals surface area contributed by atoms with E-state index >= 15 is 0 Å². The Labute approximate surface area is 87.8 Å². The summed E-state index contributed by atoms with van der Waals surface area (Å²) in [6.45, 7) is 3.75. The Balaban J connectivity index is 2.52. The normalized spacial score (nSPS) is 15.9. The molecule has 0 amide bonds. The molecule has 0 bridgehead atoms. The Morgan fingerprint density at radius 3 is 2.71 bits per heavy atom. The molecule has 0 saturated carbocycles. The molecule has 0 aromatic heterocycles. The monoisotopic (exact) mass is 191 g/mol. The molecular weight excluding hydrogens is 170 g/mol. The first-order chi connectivity index (χ1) is 6.75. The Hall–Kier alpha value is -0.980. The molecule has 0 aromatic carbocycles. The van der Waals surface area contributed by atoms with E-state index in [4.69, 9.17) is 0 Å². The first kappa shape index (κ1) is 11.1. The molecule has 0 aromatic rings. The van der Waals surface area contributed by atoms with Crippen LogP contribution in [-0.4, -0.2) is 19.0 Å². The summed E-state index contributed by atoms with van der Waals surface area (Å²) in [7, 11) is 4.25. The van der Waals surface area contributed by atoms with Gasteiger partial charge in [-0.2, -0.15) is 0 Å². The molecule has 1 heteroatoms. The van der Waals surface area contributed by atoms with E-state index in [2.05, 4.69) is 37.7 Å². The minimum atomic E-state index is 1.12. The number of likely N-dealkylation sites (N-methyl/N-ethyl adjacent to an activating group) is 1. The topological polar surface area (TPSA) is 3.24 Å². The number of nitrogens with zero attached hydrogens (tertiary/aromatic N) is 1. The summed E-state index contributed by atoms with van der Waals surface area (Å²) in [4.78, 5) is 2.22. The highest BCUT2D eigenvalue weighted by Crippen LogP contribution is 2.24. The molecule has 1 rings (SSSR count). The summed E-state index contributed by atoms with van der Waals surface area (Å²) < 4.78 is 0. The first-order valence-corrected chi connectivity index (χ1v) is 5.43. The predicted molar refractivity (Wildman–Crippen MR) is 63.1 cm³/mol. The second-order valence-corrected chi connectivity index (χ2v) is 3.97. The Bertz CT molecular complexity index is 246. The van der Waals surface area contributed by atoms with Gasteiger partial charge in [-0.05, 0) is 37.7 Å². The highest BCUT2D eigenvalue weighted by Gasteiger charge is 2.09. The average Bonchev–Trinajstić information content (AvgIpc) is 2.19. The molecule has 0 unspecified atom stereocenters. The van der Waals surface area contributed by atoms with E-state index in [9.17, 15) is 0 Å². The van der Waals surface area contributed by atoms with Crippen molar-refractivity contribution in [3.63, 3.8) is 0 Å². The fourth-order valence-electron chi connectivity index (χ4n) is 1.85. The Morgan fingerprint density at radius 2 is 2.07 bits per heavy atom. The molecule has 1 aliphatic rings. The molecular formula is C13H21N. The number of rotatable bonds is 5. The Kier molecular flexibility index (Phi) is 4.51. The van der Waals surface area contributed by atoms with Crippen LogP contribution in [-0.2, 0) is 0 Å². The van der Waals surface area contributed by atoms with Gasteiger partial charge in [0.25, 0.3) is 0 Å². The van der Waals surface area contributed by atoms with Gasteiger partial charge in [0.1, 0.15) is 0 Å². The van der Waals surface area contributed by atoms with Crippen LogP contribution in [0.3, 0.4) is 0 Å². The maximum Gasteiger partial charge on any atom is 0.0349 e. The van der Waals surface area contributed by atoms with Crippen LogP contribution in [0.4, 0.5) is 0 Å². The third-order valence-corrected chi connectivity index (χ3v) is 2.56. The molecule has 0 heterocycles. The fraction of sp³-hybridized carbons (Fsp3) is 0.538. The number of allylic oxidation sites excluding steroid dienone is 4. The second-order valence-electron chi connectivity index (χ2n) is 3.97. The minimum absolute atomic E-state index is 1.12. The van der Waals surface area contributed by atoms with Crippen LogP contribution in [0.15, 0.2) is 36.1 Å². The highest BCUT2D eigenvalue weighted by atomic mass is 15.1. The SMILES string of the molecule is C=CCCCC1=CCCC=C1N(C)C. The van der Waals surface area contributed by atoms with Crippen molar-refractivity contribution in [3.8, 4) is 0 Å². The maximum absolute atomic E-state index is 3.75. The van der Waals surface area contributed by atoms with E-state index in [1.807, 2.05) is 6.08 Å². The number of hydrogen-bond donors (Lipinski definition) is 0. The molecule has 78 valence electrons. The lowest BCUT2D eigenvalue weighted by Gasteiger charge is -2.23. The van der Waals surface area contributed by atoms with Gasteiger partial charge in [-0.15, -0.1) is 6.58 Å². The summed E-state index contributed by atoms with van der Waals surface area (Å²) in [5, 5.41) is 0. The van der Waals surface area contributed by atoms with E-state index in [0.29, 0.717) is 0 Å². The van der Waals surface area contributed by atoms with Crippen molar-refractivity contribution in [2.75, 3.05) is 14.1 Å². The van der Waals surface area contributed by atoms with Gasteiger partial charge >= 0.3 is 0 Å². The van der Waals surface area contributed by atoms with E-state index in [-0.39, 0.29) is 0 Å². The summed E-state index contributed by atoms with van der Waals surface area (Å²) >= 11 is 0. The predicted octanol–water partition coefficient (Wildman–Crippen LogP) is 3.51. The van der Waals surface area contributed by atoms with Crippen LogP contribution in [0.5, 0.6) is 0 Å². The van der Waals surface area contributed by atoms with Gasteiger partial charge in [-0.1, -0.05) is 18.2 Å². The van der Waals surface area contributed by atoms with E-state index in [1.54, 1.807) is 0 Å². The van der Waals surface area contributed by atoms with E-state index < -0.39 is 0 Å². The Morgan fingerprint density at radius 1 is 1.36 bits per heavy atom. The van der Waals surface area contributed by atoms with Crippen LogP contribution in [0, 0.1) is 0 Å². The second kappa shape index (κ2) is 5.69. The molecule has 1 nitrogen and oxygen atoms in total. The zero-order chi connectivity index (χ0) is 10.4. The first-order valence-electron chi connectivity index (χ1n) is 5.43. The maximum atomic E-state index is 3.75. The average molecular weight is 191 g/mol. The standard InChI is InChI=1S/C13H21N/c1-4-5-6-9-12-10-7-8-11-13(12)14(2)3/h4,10-11H,1,5-9H2,2-3H3. The summed E-state index contributed by atoms with van der Waals surface area (Å²) in [5.74, 6) is 0. The lowest BCUT2D eigenvalue weighted by molar-refractivity contribution is 0.507. The molecule has 0 radical (unpaired) electrons. The van der Waals surface area contributed by atoms with Gasteiger partial charge in [0.2, 0.25) is 0 Å². The molecule has 1 aliphatic carbocycles. The molecule has 14 heavy (non-hydrogen) atoms. The van der Waals surface area contributed by atoms with Crippen LogP contribution in [0.1, 0.15) is 32.1 Å². The zero-order valence-corrected chi connectivity index (χ0v) is 9.42. The van der Waals surface area contributed by atoms with Gasteiger partial charge in [-0.3, -0.25) is 0 Å². The largest absolute Gasteiger partial charge is 0.378 e. The van der Waals surface area contributed by atoms with Crippen molar-refractivity contribution in [2.24, 2.45) is 0 Å². The van der Waals surface area contributed by atoms with E-state index in [1.165, 1.54) is 37.0 Å². The van der Waals surface area contributed by atoms with Crippen LogP contribution >= 0.6 is 0 Å². The van der Waals surface area contributed by atoms with E-state index in [0.717, 1.165) is 6.42 Å². The van der Waals surface area contributed by atoms with Crippen LogP contribution in [0.2, 0.25) is 0 Å². The van der Waals surface area contributed by atoms with Gasteiger partial charge in [0.05, 0.1) is 0 Å². The summed E-state index contributed by atoms with van der Waals surface area (Å²) in [6, 6.07) is 0. The summed E-state index contributed by atoms with van der Waals surface area (Å²) in [5.41, 5.74) is 2.93. The molecule has 0 aliphatic heterocycles. The summed E-state index contributed by atoms with van der Waals surface area (Å²) in [6.07, 6.45) is 12.7. The molecule has 0 fully saturated rings. The van der Waals surface area contributed by atoms with Crippen molar-refractivity contribution in [2.45, 2.75) is 32.1 Å². The molecule has 0 spiro atoms. The van der Waals surface area contributed by atoms with Crippen molar-refractivity contribution in [1.29, 1.82) is 0 Å². The van der Waals surface area contributed by atoms with Gasteiger partial charge in [-0.25, -0.2) is 0 Å². The van der Waals surface area contributed by atoms with Crippen molar-refractivity contribution in [3.05, 3.63) is 36.1 Å². The molecule has 0 N–H and O–H groups in total. The van der Waals surface area contributed by atoms with Crippen molar-refractivity contribution in [1.82, 2.24) is 4.90 Å². The molecule has 0 saturated heterocycles. The minimum Gasteiger partial charge on any atom is -0.378 e. The van der Waals surface area contributed by atoms with Gasteiger partial charge < -0.3 is 4.90 Å². The third-order valence-electron chi connectivity index (χ3n) is 2.56. The van der Waals surface area contributed by atoms with Crippen LogP contribution < -0.4 is 0 Å². The lowest BCUT2D eigenvalue weighted by Crippen LogP contribution is -2.14. The zero-order valence-electron chi connectivity index (χ0n) is 9.42. The van der Waals surface area contributed by atoms with Crippen molar-refractivity contribution < 1.29 is 0 Å². The third kappa shape index (κ3) is 3.06. The molecule has 0 atom stereocenters. The van der Waals surface area contributed by atoms with Crippen LogP contribution in [0.25, 0.3) is 0 Å². The lowest BCUT2D eigenvalue weighted by atomic mass is 9.98. The fourth-order valence-corrected chi connectivity index (χ4v) is 1.85.